The number of likely N-dealkylation sites (N-methyl/N-ethyl adjacent to an activating group) is 1. The monoisotopic (exact) mass is 225 g/mol. The van der Waals surface area contributed by atoms with Crippen molar-refractivity contribution in [1.82, 2.24) is 4.90 Å². The molecule has 1 rings (SSSR count). The highest BCUT2D eigenvalue weighted by Gasteiger charge is 2.35. The predicted octanol–water partition coefficient (Wildman–Crippen LogP) is 1.52. The van der Waals surface area contributed by atoms with Crippen LogP contribution < -0.4 is 0 Å². The van der Waals surface area contributed by atoms with Gasteiger partial charge in [-0.25, -0.2) is 0 Å². The number of carboxylic acid groups (broad SMARTS) is 1. The Labute approximate surface area is 95.9 Å². The van der Waals surface area contributed by atoms with Gasteiger partial charge in [-0.2, -0.15) is 0 Å². The van der Waals surface area contributed by atoms with Crippen LogP contribution in [0.4, 0.5) is 0 Å². The van der Waals surface area contributed by atoms with Crippen LogP contribution in [0.25, 0.3) is 0 Å². The molecule has 90 valence electrons. The van der Waals surface area contributed by atoms with Crippen LogP contribution in [-0.2, 0) is 9.59 Å². The first kappa shape index (κ1) is 12.7. The highest BCUT2D eigenvalue weighted by Crippen LogP contribution is 2.32. The topological polar surface area (TPSA) is 57.6 Å². The highest BCUT2D eigenvalue weighted by molar-refractivity contribution is 5.81. The van der Waals surface area contributed by atoms with Gasteiger partial charge in [-0.1, -0.05) is 6.08 Å². The van der Waals surface area contributed by atoms with Crippen LogP contribution in [0.2, 0.25) is 0 Å². The molecule has 2 unspecified atom stereocenters. The van der Waals surface area contributed by atoms with Gasteiger partial charge in [-0.15, -0.1) is 6.58 Å². The Kier molecular flexibility index (Phi) is 4.52. The molecule has 1 fully saturated rings. The summed E-state index contributed by atoms with van der Waals surface area (Å²) in [6, 6.07) is 0. The Morgan fingerprint density at radius 3 is 2.50 bits per heavy atom. The predicted molar refractivity (Wildman–Crippen MR) is 60.9 cm³/mol. The van der Waals surface area contributed by atoms with Crippen molar-refractivity contribution in [2.24, 2.45) is 11.8 Å². The Morgan fingerprint density at radius 2 is 2.06 bits per heavy atom. The van der Waals surface area contributed by atoms with E-state index in [1.54, 1.807) is 11.0 Å². The second-order valence-electron chi connectivity index (χ2n) is 4.21. The Balaban J connectivity index is 2.55. The summed E-state index contributed by atoms with van der Waals surface area (Å²) in [5.41, 5.74) is 0. The van der Waals surface area contributed by atoms with Gasteiger partial charge in [0.25, 0.3) is 0 Å². The van der Waals surface area contributed by atoms with Gasteiger partial charge < -0.3 is 10.0 Å². The van der Waals surface area contributed by atoms with Crippen LogP contribution in [0.3, 0.4) is 0 Å². The fourth-order valence-corrected chi connectivity index (χ4v) is 2.22. The molecule has 0 aliphatic heterocycles. The maximum Gasteiger partial charge on any atom is 0.306 e. The number of amides is 1. The van der Waals surface area contributed by atoms with Crippen LogP contribution in [0.15, 0.2) is 12.7 Å². The number of nitrogens with zero attached hydrogens (tertiary/aromatic N) is 1. The quantitative estimate of drug-likeness (QED) is 0.722. The van der Waals surface area contributed by atoms with Crippen LogP contribution in [0.1, 0.15) is 26.2 Å². The third kappa shape index (κ3) is 2.84. The lowest BCUT2D eigenvalue weighted by molar-refractivity contribution is -0.141. The molecular weight excluding hydrogens is 206 g/mol. The lowest BCUT2D eigenvalue weighted by Crippen LogP contribution is -2.35. The molecule has 16 heavy (non-hydrogen) atoms. The Bertz CT molecular complexity index is 288. The molecule has 1 saturated carbocycles. The minimum absolute atomic E-state index is 0.0751. The first-order chi connectivity index (χ1) is 7.60. The van der Waals surface area contributed by atoms with E-state index in [4.69, 9.17) is 5.11 Å². The van der Waals surface area contributed by atoms with E-state index >= 15 is 0 Å². The minimum atomic E-state index is -0.776. The molecule has 1 amide bonds. The van der Waals surface area contributed by atoms with Crippen molar-refractivity contribution in [3.8, 4) is 0 Å². The molecule has 0 heterocycles. The van der Waals surface area contributed by atoms with Crippen molar-refractivity contribution in [3.63, 3.8) is 0 Å². The Morgan fingerprint density at radius 1 is 1.44 bits per heavy atom. The maximum absolute atomic E-state index is 12.0. The lowest BCUT2D eigenvalue weighted by Gasteiger charge is -2.22. The SMILES string of the molecule is C=CCN(CC)C(=O)C1CCC(C(=O)O)C1. The molecule has 0 saturated heterocycles. The zero-order valence-corrected chi connectivity index (χ0v) is 9.69. The summed E-state index contributed by atoms with van der Waals surface area (Å²) in [6.07, 6.45) is 3.51. The van der Waals surface area contributed by atoms with Crippen LogP contribution in [0, 0.1) is 11.8 Å². The molecule has 1 aliphatic carbocycles. The fraction of sp³-hybridized carbons (Fsp3) is 0.667. The van der Waals surface area contributed by atoms with Gasteiger partial charge in [-0.3, -0.25) is 9.59 Å². The number of carboxylic acids is 1. The average Bonchev–Trinajstić information content (AvgIpc) is 2.74. The van der Waals surface area contributed by atoms with Crippen LogP contribution >= 0.6 is 0 Å². The summed E-state index contributed by atoms with van der Waals surface area (Å²) in [6.45, 7) is 6.73. The molecular formula is C12H19NO3. The summed E-state index contributed by atoms with van der Waals surface area (Å²) < 4.78 is 0. The largest absolute Gasteiger partial charge is 0.481 e. The lowest BCUT2D eigenvalue weighted by atomic mass is 10.0. The second kappa shape index (κ2) is 5.68. The summed E-state index contributed by atoms with van der Waals surface area (Å²) in [4.78, 5) is 24.5. The van der Waals surface area contributed by atoms with E-state index in [0.29, 0.717) is 32.4 Å². The van der Waals surface area contributed by atoms with Crippen molar-refractivity contribution in [1.29, 1.82) is 0 Å². The van der Waals surface area contributed by atoms with E-state index in [2.05, 4.69) is 6.58 Å². The zero-order chi connectivity index (χ0) is 12.1. The number of carbonyl (C=O) groups is 2. The van der Waals surface area contributed by atoms with Crippen LogP contribution in [-0.4, -0.2) is 35.0 Å². The molecule has 0 radical (unpaired) electrons. The molecule has 0 aromatic rings. The summed E-state index contributed by atoms with van der Waals surface area (Å²) in [7, 11) is 0. The van der Waals surface area contributed by atoms with Gasteiger partial charge >= 0.3 is 5.97 Å². The molecule has 4 nitrogen and oxygen atoms in total. The molecule has 1 N–H and O–H groups in total. The standard InChI is InChI=1S/C12H19NO3/c1-3-7-13(4-2)11(14)9-5-6-10(8-9)12(15)16/h3,9-10H,1,4-8H2,2H3,(H,15,16). The molecule has 1 aliphatic rings. The number of carbonyl (C=O) groups excluding carboxylic acids is 1. The molecule has 0 spiro atoms. The van der Waals surface area contributed by atoms with Gasteiger partial charge in [0.15, 0.2) is 0 Å². The number of hydrogen-bond donors (Lipinski definition) is 1. The Hall–Kier alpha value is -1.32. The molecule has 0 aromatic heterocycles. The second-order valence-corrected chi connectivity index (χ2v) is 4.21. The van der Waals surface area contributed by atoms with Crippen molar-refractivity contribution in [2.75, 3.05) is 13.1 Å². The fourth-order valence-electron chi connectivity index (χ4n) is 2.22. The van der Waals surface area contributed by atoms with Gasteiger partial charge in [0.1, 0.15) is 0 Å². The maximum atomic E-state index is 12.0. The molecule has 0 aromatic carbocycles. The minimum Gasteiger partial charge on any atom is -0.481 e. The van der Waals surface area contributed by atoms with Crippen molar-refractivity contribution in [3.05, 3.63) is 12.7 Å². The van der Waals surface area contributed by atoms with Gasteiger partial charge in [-0.05, 0) is 26.2 Å². The van der Waals surface area contributed by atoms with E-state index < -0.39 is 5.97 Å². The van der Waals surface area contributed by atoms with E-state index in [0.717, 1.165) is 0 Å². The summed E-state index contributed by atoms with van der Waals surface area (Å²) in [5, 5.41) is 8.87. The third-order valence-electron chi connectivity index (χ3n) is 3.17. The van der Waals surface area contributed by atoms with Crippen molar-refractivity contribution < 1.29 is 14.7 Å². The first-order valence-corrected chi connectivity index (χ1v) is 5.72. The van der Waals surface area contributed by atoms with E-state index in [1.165, 1.54) is 0 Å². The van der Waals surface area contributed by atoms with Crippen LogP contribution in [0.5, 0.6) is 0 Å². The van der Waals surface area contributed by atoms with E-state index in [1.807, 2.05) is 6.92 Å². The number of aliphatic carboxylic acids is 1. The highest BCUT2D eigenvalue weighted by atomic mass is 16.4. The third-order valence-corrected chi connectivity index (χ3v) is 3.17. The van der Waals surface area contributed by atoms with Gasteiger partial charge in [0, 0.05) is 19.0 Å². The zero-order valence-electron chi connectivity index (χ0n) is 9.69. The summed E-state index contributed by atoms with van der Waals surface area (Å²) in [5.74, 6) is -1.15. The van der Waals surface area contributed by atoms with E-state index in [9.17, 15) is 9.59 Å². The van der Waals surface area contributed by atoms with Crippen molar-refractivity contribution >= 4 is 11.9 Å². The van der Waals surface area contributed by atoms with Crippen molar-refractivity contribution in [2.45, 2.75) is 26.2 Å². The smallest absolute Gasteiger partial charge is 0.306 e. The van der Waals surface area contributed by atoms with E-state index in [-0.39, 0.29) is 17.7 Å². The van der Waals surface area contributed by atoms with Gasteiger partial charge in [0.05, 0.1) is 5.92 Å². The normalized spacial score (nSPS) is 24.1. The molecule has 4 heteroatoms. The number of rotatable bonds is 5. The molecule has 2 atom stereocenters. The van der Waals surface area contributed by atoms with Gasteiger partial charge in [0.2, 0.25) is 5.91 Å². The molecule has 0 bridgehead atoms. The number of hydrogen-bond acceptors (Lipinski definition) is 2. The first-order valence-electron chi connectivity index (χ1n) is 5.72. The average molecular weight is 225 g/mol. The summed E-state index contributed by atoms with van der Waals surface area (Å²) >= 11 is 0.